The number of aryl methyl sites for hydroxylation is 2. The molecule has 1 unspecified atom stereocenters. The van der Waals surface area contributed by atoms with Gasteiger partial charge in [-0.2, -0.15) is 0 Å². The maximum Gasteiger partial charge on any atom is 0.251 e. The number of aromatic nitrogens is 2. The molecule has 0 saturated heterocycles. The molecule has 0 aliphatic rings. The Bertz CT molecular complexity index is 1180. The Balaban J connectivity index is 1.52. The third kappa shape index (κ3) is 5.01. The highest BCUT2D eigenvalue weighted by atomic mass is 16.3. The molecule has 0 aliphatic heterocycles. The van der Waals surface area contributed by atoms with E-state index in [2.05, 4.69) is 45.6 Å². The Hall–Kier alpha value is -3.44. The standard InChI is InChI=1S/C26H27N3O2/c1-3-20-15-23(18(2)29-26(20)30)25-12-11-22(31-25)17-28-24(21-10-7-13-27-16-21)14-19-8-5-4-6-9-19/h4-13,15-16,24,28H,3,14,17H2,1-2H3,(H,29,30). The molecule has 0 spiro atoms. The van der Waals surface area contributed by atoms with Crippen LogP contribution in [0.25, 0.3) is 11.3 Å². The largest absolute Gasteiger partial charge is 0.460 e. The predicted octanol–water partition coefficient (Wildman–Crippen LogP) is 4.97. The van der Waals surface area contributed by atoms with Crippen molar-refractivity contribution in [3.8, 4) is 11.3 Å². The predicted molar refractivity (Wildman–Crippen MR) is 123 cm³/mol. The van der Waals surface area contributed by atoms with E-state index in [0.717, 1.165) is 40.3 Å². The van der Waals surface area contributed by atoms with Crippen molar-refractivity contribution < 1.29 is 4.42 Å². The van der Waals surface area contributed by atoms with Crippen LogP contribution in [-0.4, -0.2) is 9.97 Å². The van der Waals surface area contributed by atoms with Gasteiger partial charge in [0, 0.05) is 35.3 Å². The molecule has 4 rings (SSSR count). The number of hydrogen-bond donors (Lipinski definition) is 2. The molecule has 1 aromatic carbocycles. The topological polar surface area (TPSA) is 70.9 Å². The molecule has 0 aliphatic carbocycles. The lowest BCUT2D eigenvalue weighted by Crippen LogP contribution is -2.23. The van der Waals surface area contributed by atoms with Crippen molar-refractivity contribution in [1.29, 1.82) is 0 Å². The van der Waals surface area contributed by atoms with Crippen LogP contribution >= 0.6 is 0 Å². The smallest absolute Gasteiger partial charge is 0.251 e. The van der Waals surface area contributed by atoms with Crippen molar-refractivity contribution in [1.82, 2.24) is 15.3 Å². The molecule has 3 heterocycles. The van der Waals surface area contributed by atoms with Crippen molar-refractivity contribution in [3.63, 3.8) is 0 Å². The first-order valence-corrected chi connectivity index (χ1v) is 10.6. The minimum atomic E-state index is -0.0302. The quantitative estimate of drug-likeness (QED) is 0.428. The molecule has 0 fully saturated rings. The normalized spacial score (nSPS) is 12.1. The highest BCUT2D eigenvalue weighted by molar-refractivity contribution is 5.61. The minimum absolute atomic E-state index is 0.0302. The number of nitrogens with one attached hydrogen (secondary N) is 2. The van der Waals surface area contributed by atoms with E-state index in [1.165, 1.54) is 5.56 Å². The Morgan fingerprint density at radius 3 is 2.68 bits per heavy atom. The van der Waals surface area contributed by atoms with Crippen LogP contribution in [0.1, 0.15) is 41.1 Å². The Morgan fingerprint density at radius 2 is 1.94 bits per heavy atom. The fourth-order valence-electron chi connectivity index (χ4n) is 3.77. The summed E-state index contributed by atoms with van der Waals surface area (Å²) in [5.74, 6) is 1.61. The van der Waals surface area contributed by atoms with Crippen molar-refractivity contribution in [2.45, 2.75) is 39.3 Å². The van der Waals surface area contributed by atoms with Crippen LogP contribution in [0, 0.1) is 6.92 Å². The first-order valence-electron chi connectivity index (χ1n) is 10.6. The second-order valence-corrected chi connectivity index (χ2v) is 7.69. The van der Waals surface area contributed by atoms with Crippen LogP contribution in [0.4, 0.5) is 0 Å². The number of rotatable bonds is 8. The average molecular weight is 414 g/mol. The van der Waals surface area contributed by atoms with E-state index in [1.54, 1.807) is 6.20 Å². The summed E-state index contributed by atoms with van der Waals surface area (Å²) in [6.07, 6.45) is 5.24. The highest BCUT2D eigenvalue weighted by Gasteiger charge is 2.15. The van der Waals surface area contributed by atoms with Crippen molar-refractivity contribution in [3.05, 3.63) is 112 Å². The first-order chi connectivity index (χ1) is 15.1. The van der Waals surface area contributed by atoms with E-state index in [0.29, 0.717) is 13.0 Å². The maximum absolute atomic E-state index is 12.0. The lowest BCUT2D eigenvalue weighted by Gasteiger charge is -2.18. The SMILES string of the molecule is CCc1cc(-c2ccc(CNC(Cc3ccccc3)c3cccnc3)o2)c(C)[nH]c1=O. The van der Waals surface area contributed by atoms with E-state index in [9.17, 15) is 4.79 Å². The molecule has 5 nitrogen and oxygen atoms in total. The maximum atomic E-state index is 12.0. The number of benzene rings is 1. The Morgan fingerprint density at radius 1 is 1.10 bits per heavy atom. The molecule has 0 amide bonds. The molecule has 3 aromatic heterocycles. The van der Waals surface area contributed by atoms with E-state index in [4.69, 9.17) is 4.42 Å². The summed E-state index contributed by atoms with van der Waals surface area (Å²) in [7, 11) is 0. The van der Waals surface area contributed by atoms with Crippen LogP contribution in [0.5, 0.6) is 0 Å². The molecule has 5 heteroatoms. The Labute approximate surface area is 182 Å². The van der Waals surface area contributed by atoms with Gasteiger partial charge in [0.25, 0.3) is 5.56 Å². The summed E-state index contributed by atoms with van der Waals surface area (Å²) in [5, 5.41) is 3.62. The van der Waals surface area contributed by atoms with E-state index >= 15 is 0 Å². The molecular weight excluding hydrogens is 386 g/mol. The summed E-state index contributed by atoms with van der Waals surface area (Å²) in [4.78, 5) is 19.2. The van der Waals surface area contributed by atoms with Crippen LogP contribution in [0.15, 0.2) is 82.3 Å². The van der Waals surface area contributed by atoms with Crippen LogP contribution in [0.3, 0.4) is 0 Å². The molecule has 0 radical (unpaired) electrons. The monoisotopic (exact) mass is 413 g/mol. The lowest BCUT2D eigenvalue weighted by molar-refractivity contribution is 0.453. The van der Waals surface area contributed by atoms with Gasteiger partial charge in [0.2, 0.25) is 0 Å². The summed E-state index contributed by atoms with van der Waals surface area (Å²) in [6.45, 7) is 4.47. The number of pyridine rings is 2. The number of H-pyrrole nitrogens is 1. The number of aromatic amines is 1. The van der Waals surface area contributed by atoms with Gasteiger partial charge in [-0.25, -0.2) is 0 Å². The lowest BCUT2D eigenvalue weighted by atomic mass is 10.00. The molecule has 0 saturated carbocycles. The van der Waals surface area contributed by atoms with E-state index in [-0.39, 0.29) is 11.6 Å². The molecule has 2 N–H and O–H groups in total. The molecule has 158 valence electrons. The fourth-order valence-corrected chi connectivity index (χ4v) is 3.77. The number of hydrogen-bond acceptors (Lipinski definition) is 4. The molecular formula is C26H27N3O2. The van der Waals surface area contributed by atoms with E-state index in [1.807, 2.05) is 50.4 Å². The second kappa shape index (κ2) is 9.58. The minimum Gasteiger partial charge on any atom is -0.460 e. The third-order valence-electron chi connectivity index (χ3n) is 5.52. The summed E-state index contributed by atoms with van der Waals surface area (Å²) >= 11 is 0. The van der Waals surface area contributed by atoms with Gasteiger partial charge >= 0.3 is 0 Å². The van der Waals surface area contributed by atoms with Crippen LogP contribution in [0.2, 0.25) is 0 Å². The zero-order valence-electron chi connectivity index (χ0n) is 17.9. The number of nitrogens with zero attached hydrogens (tertiary/aromatic N) is 1. The third-order valence-corrected chi connectivity index (χ3v) is 5.52. The van der Waals surface area contributed by atoms with Gasteiger partial charge in [-0.1, -0.05) is 43.3 Å². The highest BCUT2D eigenvalue weighted by Crippen LogP contribution is 2.25. The van der Waals surface area contributed by atoms with Gasteiger partial charge in [0.1, 0.15) is 11.5 Å². The van der Waals surface area contributed by atoms with Gasteiger partial charge in [-0.3, -0.25) is 9.78 Å². The number of furan rings is 1. The molecule has 31 heavy (non-hydrogen) atoms. The van der Waals surface area contributed by atoms with Crippen molar-refractivity contribution >= 4 is 0 Å². The fraction of sp³-hybridized carbons (Fsp3) is 0.231. The summed E-state index contributed by atoms with van der Waals surface area (Å²) < 4.78 is 6.13. The van der Waals surface area contributed by atoms with Gasteiger partial charge in [0.05, 0.1) is 6.54 Å². The van der Waals surface area contributed by atoms with Gasteiger partial charge in [0.15, 0.2) is 0 Å². The van der Waals surface area contributed by atoms with Crippen molar-refractivity contribution in [2.75, 3.05) is 0 Å². The van der Waals surface area contributed by atoms with Crippen LogP contribution < -0.4 is 10.9 Å². The zero-order chi connectivity index (χ0) is 21.6. The summed E-state index contributed by atoms with van der Waals surface area (Å²) in [5.41, 5.74) is 4.87. The average Bonchev–Trinajstić information content (AvgIpc) is 3.27. The van der Waals surface area contributed by atoms with Crippen LogP contribution in [-0.2, 0) is 19.4 Å². The van der Waals surface area contributed by atoms with Gasteiger partial charge in [-0.05, 0) is 55.2 Å². The first kappa shape index (κ1) is 20.8. The van der Waals surface area contributed by atoms with E-state index < -0.39 is 0 Å². The Kier molecular flexibility index (Phi) is 6.43. The van der Waals surface area contributed by atoms with Gasteiger partial charge in [-0.15, -0.1) is 0 Å². The molecule has 4 aromatic rings. The van der Waals surface area contributed by atoms with Gasteiger partial charge < -0.3 is 14.7 Å². The zero-order valence-corrected chi connectivity index (χ0v) is 17.9. The van der Waals surface area contributed by atoms with Crippen molar-refractivity contribution in [2.24, 2.45) is 0 Å². The molecule has 1 atom stereocenters. The second-order valence-electron chi connectivity index (χ2n) is 7.69. The molecule has 0 bridgehead atoms. The summed E-state index contributed by atoms with van der Waals surface area (Å²) in [6, 6.07) is 20.5.